The third kappa shape index (κ3) is 1.78. The molecular weight excluding hydrogens is 186 g/mol. The molecule has 2 rings (SSSR count). The van der Waals surface area contributed by atoms with E-state index in [9.17, 15) is 0 Å². The molecule has 0 amide bonds. The molecule has 0 saturated carbocycles. The normalized spacial score (nSPS) is 10.7. The molecule has 2 N–H and O–H groups in total. The summed E-state index contributed by atoms with van der Waals surface area (Å²) in [5.41, 5.74) is 3.45. The molecule has 0 aliphatic rings. The summed E-state index contributed by atoms with van der Waals surface area (Å²) < 4.78 is 0. The first kappa shape index (κ1) is 9.93. The van der Waals surface area contributed by atoms with Crippen LogP contribution in [-0.4, -0.2) is 12.0 Å². The fourth-order valence-corrected chi connectivity index (χ4v) is 1.67. The van der Waals surface area contributed by atoms with Gasteiger partial charge in [0.1, 0.15) is 5.82 Å². The van der Waals surface area contributed by atoms with Gasteiger partial charge in [-0.2, -0.15) is 0 Å². The van der Waals surface area contributed by atoms with E-state index in [4.69, 9.17) is 5.84 Å². The fourth-order valence-electron chi connectivity index (χ4n) is 1.67. The summed E-state index contributed by atoms with van der Waals surface area (Å²) in [6.07, 6.45) is 0. The summed E-state index contributed by atoms with van der Waals surface area (Å²) >= 11 is 0. The van der Waals surface area contributed by atoms with Crippen molar-refractivity contribution in [3.8, 4) is 0 Å². The van der Waals surface area contributed by atoms with Crippen LogP contribution in [-0.2, 0) is 0 Å². The van der Waals surface area contributed by atoms with Crippen LogP contribution in [0.5, 0.6) is 0 Å². The molecule has 0 aliphatic carbocycles. The Labute approximate surface area is 89.5 Å². The topological polar surface area (TPSA) is 42.2 Å². The zero-order chi connectivity index (χ0) is 11.0. The van der Waals surface area contributed by atoms with Gasteiger partial charge in [0.15, 0.2) is 0 Å². The van der Waals surface area contributed by atoms with E-state index in [2.05, 4.69) is 31.0 Å². The van der Waals surface area contributed by atoms with Gasteiger partial charge in [0.2, 0.25) is 0 Å². The number of hydrazine groups is 1. The monoisotopic (exact) mass is 201 g/mol. The van der Waals surface area contributed by atoms with Crippen LogP contribution in [0.15, 0.2) is 24.3 Å². The number of aryl methyl sites for hydroxylation is 2. The van der Waals surface area contributed by atoms with Crippen LogP contribution in [0.1, 0.15) is 11.1 Å². The predicted octanol–water partition coefficient (Wildman–Crippen LogP) is 2.16. The molecule has 0 fully saturated rings. The molecule has 0 unspecified atom stereocenters. The lowest BCUT2D eigenvalue weighted by Crippen LogP contribution is -2.26. The summed E-state index contributed by atoms with van der Waals surface area (Å²) in [6.45, 7) is 4.16. The Hall–Kier alpha value is -1.61. The number of benzene rings is 1. The van der Waals surface area contributed by atoms with Crippen molar-refractivity contribution in [3.63, 3.8) is 0 Å². The van der Waals surface area contributed by atoms with Crippen molar-refractivity contribution in [2.24, 2.45) is 5.84 Å². The molecule has 0 radical (unpaired) electrons. The number of fused-ring (bicyclic) bond motifs is 1. The molecule has 0 aliphatic heterocycles. The van der Waals surface area contributed by atoms with Crippen molar-refractivity contribution in [2.75, 3.05) is 12.1 Å². The van der Waals surface area contributed by atoms with Crippen molar-refractivity contribution in [3.05, 3.63) is 35.4 Å². The third-order valence-corrected chi connectivity index (χ3v) is 2.52. The lowest BCUT2D eigenvalue weighted by Gasteiger charge is -2.13. The van der Waals surface area contributed by atoms with Crippen molar-refractivity contribution in [2.45, 2.75) is 13.8 Å². The highest BCUT2D eigenvalue weighted by molar-refractivity contribution is 5.84. The molecule has 0 saturated heterocycles. The maximum absolute atomic E-state index is 5.67. The minimum atomic E-state index is 0.795. The Bertz CT molecular complexity index is 503. The first-order valence-corrected chi connectivity index (χ1v) is 4.94. The maximum Gasteiger partial charge on any atom is 0.143 e. The molecule has 78 valence electrons. The number of hydrogen-bond donors (Lipinski definition) is 1. The highest BCUT2D eigenvalue weighted by Crippen LogP contribution is 2.21. The van der Waals surface area contributed by atoms with E-state index in [0.29, 0.717) is 0 Å². The van der Waals surface area contributed by atoms with Crippen LogP contribution < -0.4 is 10.9 Å². The van der Waals surface area contributed by atoms with Crippen LogP contribution in [0.2, 0.25) is 0 Å². The van der Waals surface area contributed by atoms with Gasteiger partial charge in [-0.15, -0.1) is 0 Å². The molecule has 0 atom stereocenters. The van der Waals surface area contributed by atoms with Gasteiger partial charge in [-0.1, -0.05) is 11.6 Å². The third-order valence-electron chi connectivity index (χ3n) is 2.52. The van der Waals surface area contributed by atoms with E-state index >= 15 is 0 Å². The van der Waals surface area contributed by atoms with Crippen molar-refractivity contribution in [1.82, 2.24) is 4.98 Å². The van der Waals surface area contributed by atoms with Crippen LogP contribution in [0.3, 0.4) is 0 Å². The first-order chi connectivity index (χ1) is 7.08. The van der Waals surface area contributed by atoms with Gasteiger partial charge in [-0.25, -0.2) is 10.8 Å². The maximum atomic E-state index is 5.67. The number of nitrogens with two attached hydrogens (primary N) is 1. The summed E-state index contributed by atoms with van der Waals surface area (Å²) in [4.78, 5) is 4.48. The molecule has 0 spiro atoms. The zero-order valence-corrected chi connectivity index (χ0v) is 9.28. The number of rotatable bonds is 1. The molecule has 1 aromatic heterocycles. The summed E-state index contributed by atoms with van der Waals surface area (Å²) in [5, 5.41) is 2.73. The zero-order valence-electron chi connectivity index (χ0n) is 9.28. The minimum absolute atomic E-state index is 0.795. The molecule has 3 nitrogen and oxygen atoms in total. The predicted molar refractivity (Wildman–Crippen MR) is 63.8 cm³/mol. The lowest BCUT2D eigenvalue weighted by atomic mass is 10.1. The quantitative estimate of drug-likeness (QED) is 0.568. The largest absolute Gasteiger partial charge is 0.298 e. The van der Waals surface area contributed by atoms with Crippen molar-refractivity contribution < 1.29 is 0 Å². The van der Waals surface area contributed by atoms with Crippen LogP contribution in [0.25, 0.3) is 10.9 Å². The Kier molecular flexibility index (Phi) is 2.32. The molecule has 2 aromatic rings. The van der Waals surface area contributed by atoms with Crippen molar-refractivity contribution >= 4 is 16.7 Å². The van der Waals surface area contributed by atoms with Gasteiger partial charge in [0.25, 0.3) is 0 Å². The second-order valence-electron chi connectivity index (χ2n) is 3.93. The standard InChI is InChI=1S/C12H15N3/c1-8-4-5-11-10(6-8)9(2)7-12(14-11)15(3)13/h4-7H,13H2,1-3H3. The van der Waals surface area contributed by atoms with E-state index in [1.165, 1.54) is 21.5 Å². The first-order valence-electron chi connectivity index (χ1n) is 4.94. The highest BCUT2D eigenvalue weighted by atomic mass is 15.4. The van der Waals surface area contributed by atoms with Crippen LogP contribution >= 0.6 is 0 Å². The second kappa shape index (κ2) is 3.51. The van der Waals surface area contributed by atoms with E-state index in [1.807, 2.05) is 12.1 Å². The van der Waals surface area contributed by atoms with Crippen LogP contribution in [0.4, 0.5) is 5.82 Å². The summed E-state index contributed by atoms with van der Waals surface area (Å²) in [6, 6.07) is 8.25. The van der Waals surface area contributed by atoms with Gasteiger partial charge < -0.3 is 0 Å². The number of anilines is 1. The Balaban J connectivity index is 2.73. The number of aromatic nitrogens is 1. The van der Waals surface area contributed by atoms with E-state index in [-0.39, 0.29) is 0 Å². The van der Waals surface area contributed by atoms with E-state index in [0.717, 1.165) is 11.3 Å². The Morgan fingerprint density at radius 2 is 1.93 bits per heavy atom. The Morgan fingerprint density at radius 1 is 1.20 bits per heavy atom. The SMILES string of the molecule is Cc1ccc2nc(N(C)N)cc(C)c2c1. The van der Waals surface area contributed by atoms with Gasteiger partial charge in [-0.3, -0.25) is 5.01 Å². The number of pyridine rings is 1. The summed E-state index contributed by atoms with van der Waals surface area (Å²) in [5.74, 6) is 6.47. The molecule has 0 bridgehead atoms. The van der Waals surface area contributed by atoms with Gasteiger partial charge in [0, 0.05) is 12.4 Å². The Morgan fingerprint density at radius 3 is 2.60 bits per heavy atom. The van der Waals surface area contributed by atoms with E-state index < -0.39 is 0 Å². The van der Waals surface area contributed by atoms with Crippen LogP contribution in [0, 0.1) is 13.8 Å². The second-order valence-corrected chi connectivity index (χ2v) is 3.93. The fraction of sp³-hybridized carbons (Fsp3) is 0.250. The lowest BCUT2D eigenvalue weighted by molar-refractivity contribution is 0.983. The average molecular weight is 201 g/mol. The smallest absolute Gasteiger partial charge is 0.143 e. The summed E-state index contributed by atoms with van der Waals surface area (Å²) in [7, 11) is 1.79. The molecule has 15 heavy (non-hydrogen) atoms. The van der Waals surface area contributed by atoms with E-state index in [1.54, 1.807) is 7.05 Å². The average Bonchev–Trinajstić information content (AvgIpc) is 2.18. The van der Waals surface area contributed by atoms with Gasteiger partial charge >= 0.3 is 0 Å². The molecule has 1 heterocycles. The number of nitrogens with zero attached hydrogens (tertiary/aromatic N) is 2. The molecular formula is C12H15N3. The van der Waals surface area contributed by atoms with Gasteiger partial charge in [-0.05, 0) is 37.6 Å². The van der Waals surface area contributed by atoms with Gasteiger partial charge in [0.05, 0.1) is 5.52 Å². The molecule has 1 aromatic carbocycles. The molecule has 3 heteroatoms. The number of hydrogen-bond acceptors (Lipinski definition) is 3. The highest BCUT2D eigenvalue weighted by Gasteiger charge is 2.04. The minimum Gasteiger partial charge on any atom is -0.298 e. The van der Waals surface area contributed by atoms with Crippen molar-refractivity contribution in [1.29, 1.82) is 0 Å².